The summed E-state index contributed by atoms with van der Waals surface area (Å²) in [5.74, 6) is 1.06. The topological polar surface area (TPSA) is 49.4 Å². The SMILES string of the molecule is CCNC(=O)[C@H](CC)N(Cc1cccc(C)c1)C(=O)CSCc1cccc(C)c1. The second-order valence-corrected chi connectivity index (χ2v) is 8.30. The first-order valence-corrected chi connectivity index (χ1v) is 11.4. The Morgan fingerprint density at radius 3 is 2.21 bits per heavy atom. The molecule has 0 aliphatic carbocycles. The van der Waals surface area contributed by atoms with Crippen molar-refractivity contribution in [3.63, 3.8) is 0 Å². The summed E-state index contributed by atoms with van der Waals surface area (Å²) in [5, 5.41) is 2.88. The highest BCUT2D eigenvalue weighted by atomic mass is 32.2. The van der Waals surface area contributed by atoms with Crippen LogP contribution in [0.3, 0.4) is 0 Å². The lowest BCUT2D eigenvalue weighted by molar-refractivity contribution is -0.139. The number of rotatable bonds is 10. The van der Waals surface area contributed by atoms with Crippen LogP contribution in [0.1, 0.15) is 42.5 Å². The molecule has 0 unspecified atom stereocenters. The molecule has 0 saturated heterocycles. The molecule has 5 heteroatoms. The number of benzene rings is 2. The molecular formula is C24H32N2O2S. The van der Waals surface area contributed by atoms with E-state index in [2.05, 4.69) is 36.5 Å². The van der Waals surface area contributed by atoms with Gasteiger partial charge in [-0.1, -0.05) is 66.6 Å². The maximum Gasteiger partial charge on any atom is 0.242 e. The summed E-state index contributed by atoms with van der Waals surface area (Å²) < 4.78 is 0. The molecule has 0 radical (unpaired) electrons. The molecule has 1 N–H and O–H groups in total. The molecule has 0 aliphatic rings. The van der Waals surface area contributed by atoms with E-state index in [1.807, 2.05) is 45.0 Å². The highest BCUT2D eigenvalue weighted by Crippen LogP contribution is 2.18. The van der Waals surface area contributed by atoms with Crippen molar-refractivity contribution in [1.29, 1.82) is 0 Å². The van der Waals surface area contributed by atoms with Crippen LogP contribution in [0, 0.1) is 13.8 Å². The molecule has 0 bridgehead atoms. The molecule has 2 aromatic rings. The molecule has 29 heavy (non-hydrogen) atoms. The van der Waals surface area contributed by atoms with Gasteiger partial charge in [0.15, 0.2) is 0 Å². The maximum atomic E-state index is 13.1. The minimum atomic E-state index is -0.456. The quantitative estimate of drug-likeness (QED) is 0.626. The van der Waals surface area contributed by atoms with Gasteiger partial charge in [0.25, 0.3) is 0 Å². The van der Waals surface area contributed by atoms with Gasteiger partial charge >= 0.3 is 0 Å². The van der Waals surface area contributed by atoms with E-state index in [-0.39, 0.29) is 11.8 Å². The van der Waals surface area contributed by atoms with Crippen molar-refractivity contribution in [2.75, 3.05) is 12.3 Å². The van der Waals surface area contributed by atoms with E-state index in [1.165, 1.54) is 11.1 Å². The lowest BCUT2D eigenvalue weighted by atomic mass is 10.1. The number of carbonyl (C=O) groups is 2. The highest BCUT2D eigenvalue weighted by Gasteiger charge is 2.28. The largest absolute Gasteiger partial charge is 0.355 e. The average molecular weight is 413 g/mol. The minimum Gasteiger partial charge on any atom is -0.355 e. The molecule has 0 heterocycles. The summed E-state index contributed by atoms with van der Waals surface area (Å²) in [6.45, 7) is 8.96. The third-order valence-electron chi connectivity index (χ3n) is 4.75. The van der Waals surface area contributed by atoms with E-state index in [9.17, 15) is 9.59 Å². The predicted octanol–water partition coefficient (Wildman–Crippen LogP) is 4.48. The molecule has 0 aliphatic heterocycles. The molecule has 0 fully saturated rings. The van der Waals surface area contributed by atoms with Crippen molar-refractivity contribution in [2.45, 2.75) is 52.5 Å². The fourth-order valence-corrected chi connectivity index (χ4v) is 4.22. The third-order valence-corrected chi connectivity index (χ3v) is 5.74. The van der Waals surface area contributed by atoms with Gasteiger partial charge in [-0.2, -0.15) is 0 Å². The van der Waals surface area contributed by atoms with E-state index >= 15 is 0 Å². The molecular weight excluding hydrogens is 380 g/mol. The number of hydrogen-bond donors (Lipinski definition) is 1. The molecule has 156 valence electrons. The number of aryl methyl sites for hydroxylation is 2. The van der Waals surface area contributed by atoms with Crippen LogP contribution < -0.4 is 5.32 Å². The Hall–Kier alpha value is -2.27. The fraction of sp³-hybridized carbons (Fsp3) is 0.417. The van der Waals surface area contributed by atoms with Crippen molar-refractivity contribution in [2.24, 2.45) is 0 Å². The predicted molar refractivity (Wildman–Crippen MR) is 122 cm³/mol. The Morgan fingerprint density at radius 2 is 1.62 bits per heavy atom. The number of nitrogens with one attached hydrogen (secondary N) is 1. The van der Waals surface area contributed by atoms with Crippen LogP contribution in [0.2, 0.25) is 0 Å². The van der Waals surface area contributed by atoms with Crippen LogP contribution in [0.4, 0.5) is 0 Å². The van der Waals surface area contributed by atoms with Crippen molar-refractivity contribution in [3.8, 4) is 0 Å². The van der Waals surface area contributed by atoms with Crippen LogP contribution in [0.15, 0.2) is 48.5 Å². The van der Waals surface area contributed by atoms with Gasteiger partial charge in [0, 0.05) is 18.8 Å². The smallest absolute Gasteiger partial charge is 0.242 e. The Balaban J connectivity index is 2.11. The molecule has 2 amide bonds. The zero-order chi connectivity index (χ0) is 21.2. The third kappa shape index (κ3) is 7.24. The first-order chi connectivity index (χ1) is 13.9. The normalized spacial score (nSPS) is 11.7. The number of nitrogens with zero attached hydrogens (tertiary/aromatic N) is 1. The molecule has 0 spiro atoms. The van der Waals surface area contributed by atoms with Crippen molar-refractivity contribution >= 4 is 23.6 Å². The standard InChI is InChI=1S/C24H32N2O2S/c1-5-22(24(28)25-6-2)26(15-20-11-7-9-18(3)13-20)23(27)17-29-16-21-12-8-10-19(4)14-21/h7-14,22H,5-6,15-17H2,1-4H3,(H,25,28)/t22-/m0/s1. The first-order valence-electron chi connectivity index (χ1n) is 10.2. The molecule has 0 saturated carbocycles. The second-order valence-electron chi connectivity index (χ2n) is 7.31. The van der Waals surface area contributed by atoms with E-state index in [0.717, 1.165) is 16.9 Å². The number of hydrogen-bond acceptors (Lipinski definition) is 3. The Kier molecular flexibility index (Phi) is 9.26. The summed E-state index contributed by atoms with van der Waals surface area (Å²) in [7, 11) is 0. The van der Waals surface area contributed by atoms with Crippen LogP contribution in [0.25, 0.3) is 0 Å². The maximum absolute atomic E-state index is 13.1. The molecule has 2 rings (SSSR count). The summed E-state index contributed by atoms with van der Waals surface area (Å²) in [6, 6.07) is 16.0. The zero-order valence-corrected chi connectivity index (χ0v) is 18.7. The van der Waals surface area contributed by atoms with Gasteiger partial charge in [-0.05, 0) is 38.3 Å². The Labute approximate surface area is 179 Å². The van der Waals surface area contributed by atoms with E-state index in [0.29, 0.717) is 25.3 Å². The summed E-state index contributed by atoms with van der Waals surface area (Å²) in [6.07, 6.45) is 0.589. The molecule has 4 nitrogen and oxygen atoms in total. The van der Waals surface area contributed by atoms with Crippen LogP contribution >= 0.6 is 11.8 Å². The number of amides is 2. The summed E-state index contributed by atoms with van der Waals surface area (Å²) in [5.41, 5.74) is 4.63. The summed E-state index contributed by atoms with van der Waals surface area (Å²) >= 11 is 1.60. The van der Waals surface area contributed by atoms with Crippen molar-refractivity contribution in [3.05, 3.63) is 70.8 Å². The van der Waals surface area contributed by atoms with Crippen molar-refractivity contribution < 1.29 is 9.59 Å². The van der Waals surface area contributed by atoms with E-state index in [1.54, 1.807) is 16.7 Å². The second kappa shape index (κ2) is 11.7. The average Bonchev–Trinajstić information content (AvgIpc) is 2.68. The van der Waals surface area contributed by atoms with Crippen LogP contribution in [-0.4, -0.2) is 35.1 Å². The molecule has 0 aromatic heterocycles. The van der Waals surface area contributed by atoms with Gasteiger partial charge in [-0.3, -0.25) is 9.59 Å². The van der Waals surface area contributed by atoms with Gasteiger partial charge in [0.05, 0.1) is 5.75 Å². The van der Waals surface area contributed by atoms with Gasteiger partial charge in [-0.25, -0.2) is 0 Å². The van der Waals surface area contributed by atoms with Crippen LogP contribution in [-0.2, 0) is 21.9 Å². The molecule has 1 atom stereocenters. The fourth-order valence-electron chi connectivity index (χ4n) is 3.36. The number of likely N-dealkylation sites (N-methyl/N-ethyl adjacent to an activating group) is 1. The van der Waals surface area contributed by atoms with Crippen LogP contribution in [0.5, 0.6) is 0 Å². The number of carbonyl (C=O) groups excluding carboxylic acids is 2. The van der Waals surface area contributed by atoms with Gasteiger partial charge in [-0.15, -0.1) is 11.8 Å². The highest BCUT2D eigenvalue weighted by molar-refractivity contribution is 7.99. The lowest BCUT2D eigenvalue weighted by Gasteiger charge is -2.30. The summed E-state index contributed by atoms with van der Waals surface area (Å²) in [4.78, 5) is 27.5. The van der Waals surface area contributed by atoms with Crippen molar-refractivity contribution in [1.82, 2.24) is 10.2 Å². The monoisotopic (exact) mass is 412 g/mol. The van der Waals surface area contributed by atoms with Gasteiger partial charge < -0.3 is 10.2 Å². The van der Waals surface area contributed by atoms with Gasteiger partial charge in [0.1, 0.15) is 6.04 Å². The minimum absolute atomic E-state index is 0.00209. The van der Waals surface area contributed by atoms with E-state index < -0.39 is 6.04 Å². The van der Waals surface area contributed by atoms with Gasteiger partial charge in [0.2, 0.25) is 11.8 Å². The lowest BCUT2D eigenvalue weighted by Crippen LogP contribution is -2.49. The Bertz CT molecular complexity index is 822. The Morgan fingerprint density at radius 1 is 1.00 bits per heavy atom. The van der Waals surface area contributed by atoms with E-state index in [4.69, 9.17) is 0 Å². The number of thioether (sulfide) groups is 1. The first kappa shape index (κ1) is 23.0. The molecule has 2 aromatic carbocycles. The zero-order valence-electron chi connectivity index (χ0n) is 17.9.